The number of nitrogens with zero attached hydrogens (tertiary/aromatic N) is 2. The Morgan fingerprint density at radius 1 is 1.20 bits per heavy atom. The van der Waals surface area contributed by atoms with E-state index in [4.69, 9.17) is 5.11 Å². The average molecular weight is 354 g/mol. The molecule has 2 amide bonds. The summed E-state index contributed by atoms with van der Waals surface area (Å²) in [7, 11) is 1.15. The second kappa shape index (κ2) is 7.58. The first-order valence-corrected chi connectivity index (χ1v) is 7.93. The van der Waals surface area contributed by atoms with Crippen LogP contribution >= 0.6 is 0 Å². The second-order valence-electron chi connectivity index (χ2n) is 6.09. The van der Waals surface area contributed by atoms with Crippen LogP contribution in [0, 0.1) is 5.92 Å². The van der Waals surface area contributed by atoms with E-state index in [0.717, 1.165) is 19.2 Å². The van der Waals surface area contributed by atoms with Crippen molar-refractivity contribution in [2.45, 2.75) is 18.8 Å². The molecule has 1 fully saturated rings. The largest absolute Gasteiger partial charge is 0.481 e. The monoisotopic (exact) mass is 354 g/mol. The molecule has 8 heteroatoms. The number of halogens is 2. The Labute approximate surface area is 144 Å². The van der Waals surface area contributed by atoms with Crippen LogP contribution in [0.15, 0.2) is 30.3 Å². The second-order valence-corrected chi connectivity index (χ2v) is 6.09. The molecule has 2 rings (SSSR count). The highest BCUT2D eigenvalue weighted by Crippen LogP contribution is 2.29. The lowest BCUT2D eigenvalue weighted by Gasteiger charge is -2.32. The summed E-state index contributed by atoms with van der Waals surface area (Å²) in [5.74, 6) is -7.03. The molecule has 0 unspecified atom stereocenters. The molecule has 0 aliphatic carbocycles. The fourth-order valence-electron chi connectivity index (χ4n) is 2.76. The average Bonchev–Trinajstić information content (AvgIpc) is 2.61. The highest BCUT2D eigenvalue weighted by molar-refractivity contribution is 5.89. The fraction of sp³-hybridized carbons (Fsp3) is 0.471. The molecule has 0 radical (unpaired) electrons. The van der Waals surface area contributed by atoms with Crippen molar-refractivity contribution in [3.05, 3.63) is 35.9 Å². The molecule has 1 aromatic carbocycles. The molecule has 1 heterocycles. The predicted molar refractivity (Wildman–Crippen MR) is 84.9 cm³/mol. The molecular weight excluding hydrogens is 334 g/mol. The number of rotatable bonds is 5. The SMILES string of the molecule is CN(CC(=O)N1CCC(C(=O)O)CC1)C(=O)C(F)(F)c1ccccc1. The van der Waals surface area contributed by atoms with Crippen molar-refractivity contribution in [2.24, 2.45) is 5.92 Å². The van der Waals surface area contributed by atoms with Crippen LogP contribution in [0.4, 0.5) is 8.78 Å². The smallest absolute Gasteiger partial charge is 0.349 e. The van der Waals surface area contributed by atoms with Gasteiger partial charge in [0.1, 0.15) is 0 Å². The van der Waals surface area contributed by atoms with Gasteiger partial charge in [-0.05, 0) is 12.8 Å². The van der Waals surface area contributed by atoms with Crippen LogP contribution in [0.5, 0.6) is 0 Å². The van der Waals surface area contributed by atoms with E-state index in [9.17, 15) is 23.2 Å². The lowest BCUT2D eigenvalue weighted by Crippen LogP contribution is -2.48. The number of likely N-dealkylation sites (tertiary alicyclic amines) is 1. The molecule has 1 aromatic rings. The van der Waals surface area contributed by atoms with Crippen molar-refractivity contribution < 1.29 is 28.3 Å². The van der Waals surface area contributed by atoms with Crippen molar-refractivity contribution in [3.63, 3.8) is 0 Å². The van der Waals surface area contributed by atoms with E-state index in [-0.39, 0.29) is 13.1 Å². The minimum Gasteiger partial charge on any atom is -0.481 e. The number of carbonyl (C=O) groups excluding carboxylic acids is 2. The maximum absolute atomic E-state index is 14.3. The molecule has 0 aromatic heterocycles. The first-order chi connectivity index (χ1) is 11.7. The molecular formula is C17H20F2N2O4. The van der Waals surface area contributed by atoms with E-state index in [0.29, 0.717) is 17.7 Å². The van der Waals surface area contributed by atoms with Crippen LogP contribution in [0.3, 0.4) is 0 Å². The third kappa shape index (κ3) is 4.32. The molecule has 1 saturated heterocycles. The van der Waals surface area contributed by atoms with Gasteiger partial charge in [0, 0.05) is 25.7 Å². The van der Waals surface area contributed by atoms with Crippen LogP contribution in [0.1, 0.15) is 18.4 Å². The van der Waals surface area contributed by atoms with Crippen LogP contribution in [-0.2, 0) is 20.3 Å². The van der Waals surface area contributed by atoms with Crippen molar-refractivity contribution in [1.29, 1.82) is 0 Å². The molecule has 1 aliphatic rings. The van der Waals surface area contributed by atoms with Crippen molar-refractivity contribution in [1.82, 2.24) is 9.80 Å². The van der Waals surface area contributed by atoms with Crippen LogP contribution in [0.25, 0.3) is 0 Å². The lowest BCUT2D eigenvalue weighted by molar-refractivity contribution is -0.160. The van der Waals surface area contributed by atoms with Gasteiger partial charge in [0.05, 0.1) is 12.5 Å². The highest BCUT2D eigenvalue weighted by atomic mass is 19.3. The summed E-state index contributed by atoms with van der Waals surface area (Å²) in [6.07, 6.45) is 0.637. The number of carbonyl (C=O) groups is 3. The van der Waals surface area contributed by atoms with E-state index in [1.807, 2.05) is 0 Å². The Morgan fingerprint density at radius 3 is 2.28 bits per heavy atom. The standard InChI is InChI=1S/C17H20F2N2O4/c1-20(16(25)17(18,19)13-5-3-2-4-6-13)11-14(22)21-9-7-12(8-10-21)15(23)24/h2-6,12H,7-11H2,1H3,(H,23,24). The molecule has 1 N–H and O–H groups in total. The summed E-state index contributed by atoms with van der Waals surface area (Å²) < 4.78 is 28.5. The van der Waals surface area contributed by atoms with Crippen LogP contribution in [-0.4, -0.2) is 59.4 Å². The van der Waals surface area contributed by atoms with E-state index in [1.54, 1.807) is 6.07 Å². The number of benzene rings is 1. The Bertz CT molecular complexity index is 643. The van der Waals surface area contributed by atoms with Gasteiger partial charge >= 0.3 is 11.9 Å². The maximum atomic E-state index is 14.3. The summed E-state index contributed by atoms with van der Waals surface area (Å²) in [5, 5.41) is 8.94. The first kappa shape index (κ1) is 18.8. The van der Waals surface area contributed by atoms with Crippen LogP contribution < -0.4 is 0 Å². The van der Waals surface area contributed by atoms with Gasteiger partial charge < -0.3 is 14.9 Å². The van der Waals surface area contributed by atoms with Crippen molar-refractivity contribution in [3.8, 4) is 0 Å². The Kier molecular flexibility index (Phi) is 5.71. The normalized spacial score (nSPS) is 15.7. The Hall–Kier alpha value is -2.51. The first-order valence-electron chi connectivity index (χ1n) is 7.93. The van der Waals surface area contributed by atoms with Gasteiger partial charge in [-0.2, -0.15) is 8.78 Å². The lowest BCUT2D eigenvalue weighted by atomic mass is 9.97. The minimum atomic E-state index is -3.72. The summed E-state index contributed by atoms with van der Waals surface area (Å²) in [6, 6.07) is 6.70. The Morgan fingerprint density at radius 2 is 1.76 bits per heavy atom. The van der Waals surface area contributed by atoms with E-state index < -0.39 is 41.7 Å². The van der Waals surface area contributed by atoms with Crippen molar-refractivity contribution in [2.75, 3.05) is 26.7 Å². The molecule has 1 aliphatic heterocycles. The van der Waals surface area contributed by atoms with Crippen LogP contribution in [0.2, 0.25) is 0 Å². The molecule has 25 heavy (non-hydrogen) atoms. The molecule has 0 saturated carbocycles. The number of aliphatic carboxylic acids is 1. The minimum absolute atomic E-state index is 0.243. The topological polar surface area (TPSA) is 77.9 Å². The van der Waals surface area contributed by atoms with Gasteiger partial charge in [-0.25, -0.2) is 0 Å². The maximum Gasteiger partial charge on any atom is 0.349 e. The van der Waals surface area contributed by atoms with Gasteiger partial charge in [-0.3, -0.25) is 14.4 Å². The van der Waals surface area contributed by atoms with Gasteiger partial charge in [0.15, 0.2) is 0 Å². The third-order valence-electron chi connectivity index (χ3n) is 4.32. The summed E-state index contributed by atoms with van der Waals surface area (Å²) in [6.45, 7) is 0.0127. The summed E-state index contributed by atoms with van der Waals surface area (Å²) in [5.41, 5.74) is -0.429. The number of carboxylic acid groups (broad SMARTS) is 1. The third-order valence-corrected chi connectivity index (χ3v) is 4.32. The molecule has 0 bridgehead atoms. The number of carboxylic acids is 1. The van der Waals surface area contributed by atoms with Crippen molar-refractivity contribution >= 4 is 17.8 Å². The van der Waals surface area contributed by atoms with Gasteiger partial charge in [-0.15, -0.1) is 0 Å². The highest BCUT2D eigenvalue weighted by Gasteiger charge is 2.43. The van der Waals surface area contributed by atoms with E-state index in [2.05, 4.69) is 0 Å². The number of piperidine rings is 1. The molecule has 0 atom stereocenters. The van der Waals surface area contributed by atoms with Gasteiger partial charge in [-0.1, -0.05) is 30.3 Å². The Balaban J connectivity index is 1.95. The summed E-state index contributed by atoms with van der Waals surface area (Å²) in [4.78, 5) is 37.3. The number of hydrogen-bond donors (Lipinski definition) is 1. The molecule has 0 spiro atoms. The molecule has 6 nitrogen and oxygen atoms in total. The van der Waals surface area contributed by atoms with Gasteiger partial charge in [0.25, 0.3) is 5.91 Å². The molecule has 136 valence electrons. The number of likely N-dealkylation sites (N-methyl/N-ethyl adjacent to an activating group) is 1. The number of amides is 2. The van der Waals surface area contributed by atoms with E-state index >= 15 is 0 Å². The zero-order chi connectivity index (χ0) is 18.6. The predicted octanol–water partition coefficient (Wildman–Crippen LogP) is 1.56. The van der Waals surface area contributed by atoms with Gasteiger partial charge in [0.2, 0.25) is 5.91 Å². The zero-order valence-electron chi connectivity index (χ0n) is 13.8. The van der Waals surface area contributed by atoms with E-state index in [1.165, 1.54) is 17.0 Å². The number of hydrogen-bond acceptors (Lipinski definition) is 3. The number of alkyl halides is 2. The quantitative estimate of drug-likeness (QED) is 0.870. The zero-order valence-corrected chi connectivity index (χ0v) is 13.8. The summed E-state index contributed by atoms with van der Waals surface area (Å²) >= 11 is 0. The fourth-order valence-corrected chi connectivity index (χ4v) is 2.76.